The third-order valence-electron chi connectivity index (χ3n) is 6.52. The Hall–Kier alpha value is -3.32. The maximum atomic E-state index is 6.54. The van der Waals surface area contributed by atoms with Crippen LogP contribution >= 0.6 is 0 Å². The van der Waals surface area contributed by atoms with Gasteiger partial charge in [0, 0.05) is 0 Å². The maximum Gasteiger partial charge on any atom is 0.186 e. The molecule has 5 rings (SSSR count). The molecule has 0 saturated carbocycles. The smallest absolute Gasteiger partial charge is 0.186 e. The molecule has 5 nitrogen and oxygen atoms in total. The van der Waals surface area contributed by atoms with Crippen LogP contribution in [0.25, 0.3) is 0 Å². The molecule has 1 heterocycles. The summed E-state index contributed by atoms with van der Waals surface area (Å²) in [5.41, 5.74) is 4.33. The molecule has 0 radical (unpaired) electrons. The lowest BCUT2D eigenvalue weighted by atomic mass is 10.0. The summed E-state index contributed by atoms with van der Waals surface area (Å²) in [6.07, 6.45) is -1.80. The van der Waals surface area contributed by atoms with Gasteiger partial charge in [0.25, 0.3) is 0 Å². The molecule has 0 spiro atoms. The van der Waals surface area contributed by atoms with Crippen LogP contribution in [-0.2, 0) is 50.1 Å². The van der Waals surface area contributed by atoms with Gasteiger partial charge in [-0.3, -0.25) is 0 Å². The first-order valence-electron chi connectivity index (χ1n) is 13.1. The van der Waals surface area contributed by atoms with Gasteiger partial charge in [-0.2, -0.15) is 0 Å². The van der Waals surface area contributed by atoms with Crippen LogP contribution in [0.3, 0.4) is 0 Å². The molecule has 196 valence electrons. The van der Waals surface area contributed by atoms with E-state index in [2.05, 4.69) is 24.3 Å². The van der Waals surface area contributed by atoms with Crippen LogP contribution in [0.2, 0.25) is 0 Å². The van der Waals surface area contributed by atoms with Gasteiger partial charge in [0.1, 0.15) is 18.3 Å². The van der Waals surface area contributed by atoms with E-state index >= 15 is 0 Å². The van der Waals surface area contributed by atoms with Crippen LogP contribution in [0, 0.1) is 0 Å². The van der Waals surface area contributed by atoms with E-state index in [-0.39, 0.29) is 6.10 Å². The predicted octanol–water partition coefficient (Wildman–Crippen LogP) is 6.32. The number of ether oxygens (including phenoxy) is 5. The third-order valence-corrected chi connectivity index (χ3v) is 6.52. The molecule has 0 amide bonds. The van der Waals surface area contributed by atoms with Crippen molar-refractivity contribution in [1.29, 1.82) is 0 Å². The second kappa shape index (κ2) is 14.0. The molecular formula is C33H34O5. The van der Waals surface area contributed by atoms with Gasteiger partial charge in [0.05, 0.1) is 33.0 Å². The van der Waals surface area contributed by atoms with Gasteiger partial charge in [-0.15, -0.1) is 0 Å². The summed E-state index contributed by atoms with van der Waals surface area (Å²) in [7, 11) is 0. The van der Waals surface area contributed by atoms with E-state index in [1.54, 1.807) is 0 Å². The van der Waals surface area contributed by atoms with Gasteiger partial charge in [0.15, 0.2) is 6.29 Å². The highest BCUT2D eigenvalue weighted by Crippen LogP contribution is 2.28. The normalized spacial score (nSPS) is 21.3. The second-order valence-corrected chi connectivity index (χ2v) is 9.36. The molecule has 4 aromatic rings. The van der Waals surface area contributed by atoms with Gasteiger partial charge in [0.2, 0.25) is 0 Å². The lowest BCUT2D eigenvalue weighted by molar-refractivity contribution is -0.302. The summed E-state index contributed by atoms with van der Waals surface area (Å²) in [5.74, 6) is 0. The van der Waals surface area contributed by atoms with Crippen molar-refractivity contribution in [3.63, 3.8) is 0 Å². The van der Waals surface area contributed by atoms with Crippen molar-refractivity contribution < 1.29 is 23.7 Å². The van der Waals surface area contributed by atoms with Gasteiger partial charge in [-0.1, -0.05) is 121 Å². The second-order valence-electron chi connectivity index (χ2n) is 9.36. The van der Waals surface area contributed by atoms with E-state index in [0.717, 1.165) is 22.3 Å². The number of rotatable bonds is 12. The van der Waals surface area contributed by atoms with E-state index in [1.807, 2.05) is 97.1 Å². The lowest BCUT2D eigenvalue weighted by Gasteiger charge is -2.42. The molecule has 0 unspecified atom stereocenters. The highest BCUT2D eigenvalue weighted by Gasteiger charge is 2.43. The summed E-state index contributed by atoms with van der Waals surface area (Å²) in [5, 5.41) is 0. The van der Waals surface area contributed by atoms with Crippen molar-refractivity contribution in [1.82, 2.24) is 0 Å². The molecule has 38 heavy (non-hydrogen) atoms. The van der Waals surface area contributed by atoms with E-state index in [1.165, 1.54) is 0 Å². The minimum absolute atomic E-state index is 0.323. The van der Waals surface area contributed by atoms with Crippen molar-refractivity contribution >= 4 is 0 Å². The molecule has 0 aromatic heterocycles. The third kappa shape index (κ3) is 7.60. The lowest BCUT2D eigenvalue weighted by Crippen LogP contribution is -2.56. The quantitative estimate of drug-likeness (QED) is 0.223. The van der Waals surface area contributed by atoms with Crippen molar-refractivity contribution in [3.05, 3.63) is 144 Å². The van der Waals surface area contributed by atoms with E-state index < -0.39 is 18.5 Å². The Labute approximate surface area is 224 Å². The molecule has 0 N–H and O–H groups in total. The van der Waals surface area contributed by atoms with Crippen molar-refractivity contribution in [2.75, 3.05) is 6.61 Å². The van der Waals surface area contributed by atoms with Crippen molar-refractivity contribution in [3.8, 4) is 0 Å². The van der Waals surface area contributed by atoms with E-state index in [9.17, 15) is 0 Å². The molecule has 4 atom stereocenters. The van der Waals surface area contributed by atoms with Crippen LogP contribution in [0.1, 0.15) is 22.3 Å². The summed E-state index contributed by atoms with van der Waals surface area (Å²) >= 11 is 0. The standard InChI is InChI=1S/C33H34O5/c1-5-13-26(14-6-1)21-34-30-25-38-33(37-24-29-19-11-4-12-20-29)32(36-23-28-17-9-3-10-18-28)31(30)35-22-27-15-7-2-8-16-27/h1-20,30-33H,21-25H2/t30-,31-,32+,33-/m1/s1. The summed E-state index contributed by atoms with van der Waals surface area (Å²) in [4.78, 5) is 0. The Morgan fingerprint density at radius 1 is 0.447 bits per heavy atom. The highest BCUT2D eigenvalue weighted by molar-refractivity contribution is 5.16. The Balaban J connectivity index is 1.35. The van der Waals surface area contributed by atoms with E-state index in [4.69, 9.17) is 23.7 Å². The maximum absolute atomic E-state index is 6.54. The molecule has 1 saturated heterocycles. The molecular weight excluding hydrogens is 476 g/mol. The first-order chi connectivity index (χ1) is 18.8. The zero-order chi connectivity index (χ0) is 25.8. The fourth-order valence-corrected chi connectivity index (χ4v) is 4.47. The Kier molecular flexibility index (Phi) is 9.69. The Morgan fingerprint density at radius 2 is 0.816 bits per heavy atom. The number of hydrogen-bond donors (Lipinski definition) is 0. The monoisotopic (exact) mass is 510 g/mol. The fraction of sp³-hybridized carbons (Fsp3) is 0.273. The Bertz CT molecular complexity index is 1090. The Morgan fingerprint density at radius 3 is 1.26 bits per heavy atom. The number of benzene rings is 4. The number of hydrogen-bond acceptors (Lipinski definition) is 5. The summed E-state index contributed by atoms with van der Waals surface area (Å²) < 4.78 is 31.9. The molecule has 5 heteroatoms. The molecule has 4 aromatic carbocycles. The molecule has 1 fully saturated rings. The molecule has 0 bridgehead atoms. The first-order valence-corrected chi connectivity index (χ1v) is 13.1. The zero-order valence-electron chi connectivity index (χ0n) is 21.4. The van der Waals surface area contributed by atoms with Gasteiger partial charge < -0.3 is 23.7 Å². The van der Waals surface area contributed by atoms with Gasteiger partial charge in [-0.05, 0) is 22.3 Å². The van der Waals surface area contributed by atoms with Crippen LogP contribution in [-0.4, -0.2) is 31.2 Å². The molecule has 1 aliphatic heterocycles. The van der Waals surface area contributed by atoms with Crippen molar-refractivity contribution in [2.24, 2.45) is 0 Å². The zero-order valence-corrected chi connectivity index (χ0v) is 21.4. The average molecular weight is 511 g/mol. The van der Waals surface area contributed by atoms with Crippen LogP contribution in [0.4, 0.5) is 0 Å². The molecule has 0 aliphatic carbocycles. The summed E-state index contributed by atoms with van der Waals surface area (Å²) in [6.45, 7) is 2.07. The highest BCUT2D eigenvalue weighted by atomic mass is 16.7. The average Bonchev–Trinajstić information content (AvgIpc) is 2.99. The first kappa shape index (κ1) is 26.3. The summed E-state index contributed by atoms with van der Waals surface area (Å²) in [6, 6.07) is 40.5. The minimum atomic E-state index is -0.601. The topological polar surface area (TPSA) is 46.2 Å². The van der Waals surface area contributed by atoms with Crippen molar-refractivity contribution in [2.45, 2.75) is 51.0 Å². The van der Waals surface area contributed by atoms with Gasteiger partial charge in [-0.25, -0.2) is 0 Å². The van der Waals surface area contributed by atoms with Crippen LogP contribution in [0.5, 0.6) is 0 Å². The van der Waals surface area contributed by atoms with E-state index in [0.29, 0.717) is 33.0 Å². The largest absolute Gasteiger partial charge is 0.368 e. The SMILES string of the molecule is c1ccc(CO[C@@H]2OC[C@@H](OCc3ccccc3)[C@@H](OCc3ccccc3)[C@@H]2OCc2ccccc2)cc1. The molecule has 1 aliphatic rings. The van der Waals surface area contributed by atoms with Gasteiger partial charge >= 0.3 is 0 Å². The predicted molar refractivity (Wildman–Crippen MR) is 146 cm³/mol. The van der Waals surface area contributed by atoms with Crippen LogP contribution < -0.4 is 0 Å². The van der Waals surface area contributed by atoms with Crippen LogP contribution in [0.15, 0.2) is 121 Å². The fourth-order valence-electron chi connectivity index (χ4n) is 4.47. The minimum Gasteiger partial charge on any atom is -0.368 e.